The molecule has 2 aromatic rings. The zero-order valence-electron chi connectivity index (χ0n) is 26.5. The summed E-state index contributed by atoms with van der Waals surface area (Å²) in [5, 5.41) is 0. The average molecular weight is 577 g/mol. The molecule has 2 N–H and O–H groups in total. The SMILES string of the molecule is CC[C@H]1CN2CCc3cc(OC)c(OC)cc3[C@@H]2C[C@@H]1C[C@@H]1c2cc(OC)c(OC)cc2CCC2(N)CCCCC1C2. The van der Waals surface area contributed by atoms with Gasteiger partial charge in [0.1, 0.15) is 0 Å². The first-order chi connectivity index (χ1) is 20.4. The lowest BCUT2D eigenvalue weighted by Gasteiger charge is -2.49. The molecule has 6 nitrogen and oxygen atoms in total. The normalized spacial score (nSPS) is 31.0. The third-order valence-corrected chi connectivity index (χ3v) is 11.5. The fraction of sp³-hybridized carbons (Fsp3) is 0.667. The second-order valence-electron chi connectivity index (χ2n) is 13.7. The molecule has 0 aromatic heterocycles. The highest BCUT2D eigenvalue weighted by Gasteiger charge is 2.43. The number of nitrogens with zero attached hydrogens (tertiary/aromatic N) is 1. The molecule has 4 aliphatic rings. The van der Waals surface area contributed by atoms with Gasteiger partial charge < -0.3 is 24.7 Å². The largest absolute Gasteiger partial charge is 0.493 e. The molecule has 2 unspecified atom stereocenters. The van der Waals surface area contributed by atoms with E-state index in [1.807, 2.05) is 0 Å². The quantitative estimate of drug-likeness (QED) is 0.381. The van der Waals surface area contributed by atoms with Gasteiger partial charge in [-0.3, -0.25) is 4.90 Å². The summed E-state index contributed by atoms with van der Waals surface area (Å²) in [6.45, 7) is 4.70. The molecule has 6 atom stereocenters. The van der Waals surface area contributed by atoms with Crippen LogP contribution in [-0.4, -0.2) is 52.0 Å². The first-order valence-corrected chi connectivity index (χ1v) is 16.4. The van der Waals surface area contributed by atoms with Crippen molar-refractivity contribution in [3.8, 4) is 23.0 Å². The number of hydrogen-bond donors (Lipinski definition) is 1. The molecule has 2 fully saturated rings. The lowest BCUT2D eigenvalue weighted by atomic mass is 9.65. The minimum Gasteiger partial charge on any atom is -0.493 e. The minimum absolute atomic E-state index is 0.0598. The fourth-order valence-electron chi connectivity index (χ4n) is 9.22. The van der Waals surface area contributed by atoms with Gasteiger partial charge in [0.05, 0.1) is 28.4 Å². The Morgan fingerprint density at radius 3 is 2.12 bits per heavy atom. The Morgan fingerprint density at radius 1 is 0.810 bits per heavy atom. The summed E-state index contributed by atoms with van der Waals surface area (Å²) < 4.78 is 23.1. The Labute approximate surface area is 253 Å². The molecule has 230 valence electrons. The van der Waals surface area contributed by atoms with Crippen LogP contribution in [-0.2, 0) is 12.8 Å². The molecule has 2 aromatic carbocycles. The summed E-state index contributed by atoms with van der Waals surface area (Å²) in [5.74, 6) is 5.83. The molecule has 0 amide bonds. The molecule has 0 spiro atoms. The second kappa shape index (κ2) is 12.3. The lowest BCUT2D eigenvalue weighted by Crippen LogP contribution is -2.47. The smallest absolute Gasteiger partial charge is 0.161 e. The van der Waals surface area contributed by atoms with Crippen LogP contribution in [0.3, 0.4) is 0 Å². The van der Waals surface area contributed by atoms with Gasteiger partial charge in [0.2, 0.25) is 0 Å². The molecule has 2 aliphatic heterocycles. The van der Waals surface area contributed by atoms with E-state index < -0.39 is 0 Å². The van der Waals surface area contributed by atoms with Crippen molar-refractivity contribution in [2.45, 2.75) is 95.1 Å². The maximum absolute atomic E-state index is 7.21. The van der Waals surface area contributed by atoms with Crippen LogP contribution in [0.5, 0.6) is 23.0 Å². The summed E-state index contributed by atoms with van der Waals surface area (Å²) in [4.78, 5) is 2.76. The van der Waals surface area contributed by atoms with Crippen LogP contribution in [0.2, 0.25) is 0 Å². The van der Waals surface area contributed by atoms with Crippen LogP contribution in [0.4, 0.5) is 0 Å². The van der Waals surface area contributed by atoms with Gasteiger partial charge in [-0.25, -0.2) is 0 Å². The van der Waals surface area contributed by atoms with Crippen LogP contribution in [0, 0.1) is 17.8 Å². The van der Waals surface area contributed by atoms with Gasteiger partial charge in [-0.1, -0.05) is 26.2 Å². The van der Waals surface area contributed by atoms with Crippen molar-refractivity contribution in [2.24, 2.45) is 23.5 Å². The summed E-state index contributed by atoms with van der Waals surface area (Å²) in [7, 11) is 7.01. The Hall–Kier alpha value is -2.44. The molecular formula is C36H52N2O4. The summed E-state index contributed by atoms with van der Waals surface area (Å²) in [6, 6.07) is 9.52. The van der Waals surface area contributed by atoms with E-state index in [9.17, 15) is 0 Å². The summed E-state index contributed by atoms with van der Waals surface area (Å²) in [5.41, 5.74) is 12.9. The van der Waals surface area contributed by atoms with Crippen molar-refractivity contribution in [3.63, 3.8) is 0 Å². The van der Waals surface area contributed by atoms with E-state index in [0.717, 1.165) is 61.6 Å². The number of rotatable bonds is 7. The number of hydrogen-bond acceptors (Lipinski definition) is 6. The topological polar surface area (TPSA) is 66.2 Å². The van der Waals surface area contributed by atoms with E-state index in [-0.39, 0.29) is 5.54 Å². The van der Waals surface area contributed by atoms with E-state index in [1.54, 1.807) is 28.4 Å². The van der Waals surface area contributed by atoms with Crippen molar-refractivity contribution in [1.29, 1.82) is 0 Å². The highest BCUT2D eigenvalue weighted by Crippen LogP contribution is 2.52. The van der Waals surface area contributed by atoms with Gasteiger partial charge in [0.15, 0.2) is 23.0 Å². The molecule has 42 heavy (non-hydrogen) atoms. The van der Waals surface area contributed by atoms with Gasteiger partial charge >= 0.3 is 0 Å². The van der Waals surface area contributed by atoms with Gasteiger partial charge in [-0.05, 0) is 122 Å². The van der Waals surface area contributed by atoms with Crippen LogP contribution in [0.1, 0.15) is 98.9 Å². The Bertz CT molecular complexity index is 1260. The monoisotopic (exact) mass is 576 g/mol. The molecular weight excluding hydrogens is 524 g/mol. The minimum atomic E-state index is -0.0598. The molecule has 6 heteroatoms. The first kappa shape index (κ1) is 29.6. The first-order valence-electron chi connectivity index (χ1n) is 16.4. The van der Waals surface area contributed by atoms with Crippen LogP contribution < -0.4 is 24.7 Å². The van der Waals surface area contributed by atoms with Crippen molar-refractivity contribution < 1.29 is 18.9 Å². The summed E-state index contributed by atoms with van der Waals surface area (Å²) in [6.07, 6.45) is 12.9. The highest BCUT2D eigenvalue weighted by molar-refractivity contribution is 5.51. The zero-order valence-corrected chi connectivity index (χ0v) is 26.5. The third kappa shape index (κ3) is 5.50. The number of aryl methyl sites for hydroxylation is 1. The number of fused-ring (bicyclic) bond motifs is 6. The lowest BCUT2D eigenvalue weighted by molar-refractivity contribution is 0.0410. The predicted octanol–water partition coefficient (Wildman–Crippen LogP) is 7.06. The van der Waals surface area contributed by atoms with E-state index in [0.29, 0.717) is 29.7 Å². The fourth-order valence-corrected chi connectivity index (χ4v) is 9.22. The maximum atomic E-state index is 7.21. The van der Waals surface area contributed by atoms with Crippen molar-refractivity contribution >= 4 is 0 Å². The van der Waals surface area contributed by atoms with Crippen LogP contribution >= 0.6 is 0 Å². The van der Waals surface area contributed by atoms with Crippen molar-refractivity contribution in [3.05, 3.63) is 46.5 Å². The van der Waals surface area contributed by atoms with E-state index >= 15 is 0 Å². The molecule has 2 aliphatic carbocycles. The Kier molecular flexibility index (Phi) is 8.66. The Balaban J connectivity index is 1.38. The predicted molar refractivity (Wildman–Crippen MR) is 168 cm³/mol. The standard InChI is InChI=1S/C36H52N2O4/c1-6-23-22-38-14-11-25-18-33(40-3)35(42-5)20-30(25)31(38)16-27(23)15-28-26-9-7-8-12-36(37,21-26)13-10-24-17-32(39-2)34(41-4)19-29(24)28/h17-20,23,26-28,31H,6-16,21-22,37H2,1-5H3/t23-,26?,27-,28-,31-,36?/m0/s1. The molecule has 1 saturated carbocycles. The van der Waals surface area contributed by atoms with E-state index in [4.69, 9.17) is 24.7 Å². The summed E-state index contributed by atoms with van der Waals surface area (Å²) >= 11 is 0. The second-order valence-corrected chi connectivity index (χ2v) is 13.7. The molecule has 6 rings (SSSR count). The van der Waals surface area contributed by atoms with Crippen molar-refractivity contribution in [2.75, 3.05) is 41.5 Å². The molecule has 1 saturated heterocycles. The number of piperidine rings is 1. The Morgan fingerprint density at radius 2 is 1.45 bits per heavy atom. The number of nitrogens with two attached hydrogens (primary N) is 1. The number of ether oxygens (including phenoxy) is 4. The van der Waals surface area contributed by atoms with Crippen molar-refractivity contribution in [1.82, 2.24) is 4.90 Å². The maximum Gasteiger partial charge on any atom is 0.161 e. The van der Waals surface area contributed by atoms with Gasteiger partial charge in [0, 0.05) is 24.7 Å². The molecule has 2 bridgehead atoms. The van der Waals surface area contributed by atoms with Crippen LogP contribution in [0.15, 0.2) is 24.3 Å². The van der Waals surface area contributed by atoms with Gasteiger partial charge in [-0.15, -0.1) is 0 Å². The molecule has 2 heterocycles. The zero-order chi connectivity index (χ0) is 29.4. The van der Waals surface area contributed by atoms with E-state index in [1.165, 1.54) is 67.3 Å². The average Bonchev–Trinajstić information content (AvgIpc) is 3.22. The van der Waals surface area contributed by atoms with E-state index in [2.05, 4.69) is 36.1 Å². The highest BCUT2D eigenvalue weighted by atomic mass is 16.5. The number of methoxy groups -OCH3 is 4. The van der Waals surface area contributed by atoms with Crippen LogP contribution in [0.25, 0.3) is 0 Å². The molecule has 0 radical (unpaired) electrons. The van der Waals surface area contributed by atoms with Gasteiger partial charge in [-0.2, -0.15) is 0 Å². The third-order valence-electron chi connectivity index (χ3n) is 11.5. The van der Waals surface area contributed by atoms with Gasteiger partial charge in [0.25, 0.3) is 0 Å². The number of benzene rings is 2.